The number of carbonyl (C=O) groups excluding carboxylic acids is 3. The summed E-state index contributed by atoms with van der Waals surface area (Å²) < 4.78 is 10.0. The van der Waals surface area contributed by atoms with Crippen LogP contribution < -0.4 is 4.74 Å². The Morgan fingerprint density at radius 1 is 0.870 bits per heavy atom. The van der Waals surface area contributed by atoms with Crippen LogP contribution in [0.3, 0.4) is 0 Å². The summed E-state index contributed by atoms with van der Waals surface area (Å²) in [6, 6.07) is 11.2. The molecule has 0 amide bonds. The summed E-state index contributed by atoms with van der Waals surface area (Å²) in [5, 5.41) is 0. The molecule has 3 rings (SSSR count). The second kappa shape index (κ2) is 5.68. The molecule has 0 N–H and O–H groups in total. The number of rotatable bonds is 2. The normalized spacial score (nSPS) is 12.7. The van der Waals surface area contributed by atoms with Gasteiger partial charge in [0.1, 0.15) is 5.75 Å². The lowest BCUT2D eigenvalue weighted by Crippen LogP contribution is -2.23. The molecule has 0 aliphatic heterocycles. The van der Waals surface area contributed by atoms with E-state index in [0.717, 1.165) is 0 Å². The molecule has 0 bridgehead atoms. The minimum Gasteiger partial charge on any atom is -0.431 e. The van der Waals surface area contributed by atoms with Gasteiger partial charge in [-0.25, -0.2) is 4.79 Å². The second-order valence-corrected chi connectivity index (χ2v) is 5.40. The molecule has 1 aliphatic rings. The number of ether oxygens (including phenoxy) is 2. The van der Waals surface area contributed by atoms with Gasteiger partial charge in [-0.2, -0.15) is 0 Å². The quantitative estimate of drug-likeness (QED) is 0.536. The topological polar surface area (TPSA) is 69.7 Å². The molecule has 116 valence electrons. The number of benzene rings is 2. The Morgan fingerprint density at radius 2 is 1.48 bits per heavy atom. The van der Waals surface area contributed by atoms with Gasteiger partial charge < -0.3 is 9.47 Å². The van der Waals surface area contributed by atoms with Crippen molar-refractivity contribution in [2.75, 3.05) is 0 Å². The maximum absolute atomic E-state index is 12.7. The average molecular weight is 310 g/mol. The highest BCUT2D eigenvalue weighted by Gasteiger charge is 2.32. The molecule has 0 heterocycles. The molecule has 23 heavy (non-hydrogen) atoms. The molecule has 0 aromatic heterocycles. The second-order valence-electron chi connectivity index (χ2n) is 5.40. The largest absolute Gasteiger partial charge is 0.514 e. The van der Waals surface area contributed by atoms with Crippen molar-refractivity contribution in [2.45, 2.75) is 20.0 Å². The Hall–Kier alpha value is -2.95. The van der Waals surface area contributed by atoms with Gasteiger partial charge in [-0.15, -0.1) is 0 Å². The van der Waals surface area contributed by atoms with Crippen LogP contribution in [0.25, 0.3) is 0 Å². The summed E-state index contributed by atoms with van der Waals surface area (Å²) in [5.41, 5.74) is 0.977. The first-order chi connectivity index (χ1) is 11.0. The van der Waals surface area contributed by atoms with Gasteiger partial charge in [0.15, 0.2) is 11.6 Å². The van der Waals surface area contributed by atoms with E-state index in [-0.39, 0.29) is 34.5 Å². The maximum atomic E-state index is 12.7. The molecule has 5 nitrogen and oxygen atoms in total. The van der Waals surface area contributed by atoms with Crippen LogP contribution >= 0.6 is 0 Å². The van der Waals surface area contributed by atoms with Gasteiger partial charge in [0, 0.05) is 16.7 Å². The van der Waals surface area contributed by atoms with Gasteiger partial charge in [0.25, 0.3) is 0 Å². The zero-order chi connectivity index (χ0) is 16.6. The van der Waals surface area contributed by atoms with Crippen molar-refractivity contribution < 1.29 is 23.9 Å². The minimum atomic E-state index is -0.910. The van der Waals surface area contributed by atoms with Gasteiger partial charge in [0.2, 0.25) is 0 Å². The van der Waals surface area contributed by atoms with Crippen molar-refractivity contribution in [3.63, 3.8) is 0 Å². The molecular weight excluding hydrogens is 296 g/mol. The third kappa shape index (κ3) is 2.61. The summed E-state index contributed by atoms with van der Waals surface area (Å²) in [4.78, 5) is 36.9. The van der Waals surface area contributed by atoms with Crippen LogP contribution in [0.1, 0.15) is 45.7 Å². The Kier molecular flexibility index (Phi) is 3.70. The summed E-state index contributed by atoms with van der Waals surface area (Å²) in [6.45, 7) is 3.37. The average Bonchev–Trinajstić information content (AvgIpc) is 2.51. The predicted octanol–water partition coefficient (Wildman–Crippen LogP) is 3.39. The summed E-state index contributed by atoms with van der Waals surface area (Å²) in [5.74, 6) is -0.581. The van der Waals surface area contributed by atoms with Gasteiger partial charge in [0.05, 0.1) is 11.7 Å². The molecule has 0 saturated heterocycles. The molecule has 2 aromatic rings. The number of fused-ring (bicyclic) bond motifs is 2. The summed E-state index contributed by atoms with van der Waals surface area (Å²) in [7, 11) is 0. The van der Waals surface area contributed by atoms with Crippen molar-refractivity contribution >= 4 is 17.7 Å². The molecule has 5 heteroatoms. The van der Waals surface area contributed by atoms with E-state index in [1.807, 2.05) is 0 Å². The highest BCUT2D eigenvalue weighted by molar-refractivity contribution is 6.29. The van der Waals surface area contributed by atoms with Crippen LogP contribution in [0.15, 0.2) is 42.5 Å². The van der Waals surface area contributed by atoms with Crippen LogP contribution in [0.5, 0.6) is 5.75 Å². The fourth-order valence-corrected chi connectivity index (χ4v) is 2.50. The molecule has 0 unspecified atom stereocenters. The van der Waals surface area contributed by atoms with Gasteiger partial charge in [-0.3, -0.25) is 9.59 Å². The Balaban J connectivity index is 2.06. The van der Waals surface area contributed by atoms with E-state index in [1.54, 1.807) is 50.2 Å². The van der Waals surface area contributed by atoms with Crippen molar-refractivity contribution in [3.8, 4) is 5.75 Å². The van der Waals surface area contributed by atoms with Crippen molar-refractivity contribution in [3.05, 3.63) is 64.7 Å². The molecule has 1 aliphatic carbocycles. The first-order valence-corrected chi connectivity index (χ1v) is 7.19. The first-order valence-electron chi connectivity index (χ1n) is 7.19. The Labute approximate surface area is 132 Å². The van der Waals surface area contributed by atoms with Crippen LogP contribution in [-0.2, 0) is 4.74 Å². The van der Waals surface area contributed by atoms with Crippen LogP contribution in [0.4, 0.5) is 4.79 Å². The number of hydrogen-bond acceptors (Lipinski definition) is 5. The van der Waals surface area contributed by atoms with E-state index in [4.69, 9.17) is 9.47 Å². The van der Waals surface area contributed by atoms with E-state index in [1.165, 1.54) is 6.07 Å². The SMILES string of the molecule is CC(C)OC(=O)Oc1cccc2c1C(=O)c1ccccc1C2=O. The zero-order valence-electron chi connectivity index (χ0n) is 12.7. The molecule has 2 aromatic carbocycles. The molecule has 0 saturated carbocycles. The van der Waals surface area contributed by atoms with Gasteiger partial charge in [-0.1, -0.05) is 36.4 Å². The van der Waals surface area contributed by atoms with E-state index in [9.17, 15) is 14.4 Å². The lowest BCUT2D eigenvalue weighted by Gasteiger charge is -2.19. The Morgan fingerprint density at radius 3 is 2.13 bits per heavy atom. The van der Waals surface area contributed by atoms with Gasteiger partial charge in [-0.05, 0) is 19.9 Å². The summed E-state index contributed by atoms with van der Waals surface area (Å²) >= 11 is 0. The highest BCUT2D eigenvalue weighted by Crippen LogP contribution is 2.33. The fourth-order valence-electron chi connectivity index (χ4n) is 2.50. The zero-order valence-corrected chi connectivity index (χ0v) is 12.7. The molecule has 0 radical (unpaired) electrons. The fraction of sp³-hybridized carbons (Fsp3) is 0.167. The predicted molar refractivity (Wildman–Crippen MR) is 82.0 cm³/mol. The smallest absolute Gasteiger partial charge is 0.431 e. The third-order valence-electron chi connectivity index (χ3n) is 3.44. The van der Waals surface area contributed by atoms with Crippen LogP contribution in [0, 0.1) is 0 Å². The molecule has 0 fully saturated rings. The van der Waals surface area contributed by atoms with E-state index >= 15 is 0 Å². The van der Waals surface area contributed by atoms with Crippen LogP contribution in [-0.4, -0.2) is 23.8 Å². The highest BCUT2D eigenvalue weighted by atomic mass is 16.7. The monoisotopic (exact) mass is 310 g/mol. The minimum absolute atomic E-state index is 0.0287. The number of hydrogen-bond donors (Lipinski definition) is 0. The van der Waals surface area contributed by atoms with E-state index < -0.39 is 6.16 Å². The van der Waals surface area contributed by atoms with Crippen molar-refractivity contribution in [2.24, 2.45) is 0 Å². The van der Waals surface area contributed by atoms with Crippen LogP contribution in [0.2, 0.25) is 0 Å². The maximum Gasteiger partial charge on any atom is 0.514 e. The number of ketones is 2. The lowest BCUT2D eigenvalue weighted by atomic mass is 9.84. The lowest BCUT2D eigenvalue weighted by molar-refractivity contribution is 0.0723. The van der Waals surface area contributed by atoms with Gasteiger partial charge >= 0.3 is 6.16 Å². The third-order valence-corrected chi connectivity index (χ3v) is 3.44. The van der Waals surface area contributed by atoms with Crippen molar-refractivity contribution in [1.29, 1.82) is 0 Å². The van der Waals surface area contributed by atoms with Crippen molar-refractivity contribution in [1.82, 2.24) is 0 Å². The standard InChI is InChI=1S/C18H14O5/c1-10(2)22-18(21)23-14-9-5-8-13-15(14)17(20)12-7-4-3-6-11(12)16(13)19/h3-10H,1-2H3. The first kappa shape index (κ1) is 15.0. The van der Waals surface area contributed by atoms with E-state index in [2.05, 4.69) is 0 Å². The number of carbonyl (C=O) groups is 3. The Bertz CT molecular complexity index is 820. The van der Waals surface area contributed by atoms with E-state index in [0.29, 0.717) is 11.1 Å². The molecular formula is C18H14O5. The summed E-state index contributed by atoms with van der Waals surface area (Å²) in [6.07, 6.45) is -1.26. The molecule has 0 spiro atoms. The molecule has 0 atom stereocenters.